The molecule has 7 heteroatoms. The van der Waals surface area contributed by atoms with E-state index in [-0.39, 0.29) is 5.91 Å². The standard InChI is InChI=1S/C21H17N5O2/c27-21(16-8-10-19(11-9-16)28-18-6-2-1-3-7-18)24-13-17-5-4-12-23-20(17)26-15-22-14-25-26/h1-12,14-15H,13H2,(H,24,27). The Kier molecular flexibility index (Phi) is 5.06. The summed E-state index contributed by atoms with van der Waals surface area (Å²) in [5.41, 5.74) is 1.39. The highest BCUT2D eigenvalue weighted by Gasteiger charge is 2.10. The number of hydrogen-bond acceptors (Lipinski definition) is 5. The van der Waals surface area contributed by atoms with Crippen LogP contribution < -0.4 is 10.1 Å². The highest BCUT2D eigenvalue weighted by atomic mass is 16.5. The topological polar surface area (TPSA) is 81.9 Å². The number of aromatic nitrogens is 4. The number of rotatable bonds is 6. The number of hydrogen-bond donors (Lipinski definition) is 1. The van der Waals surface area contributed by atoms with Crippen molar-refractivity contribution in [1.82, 2.24) is 25.1 Å². The van der Waals surface area contributed by atoms with Crippen molar-refractivity contribution in [2.75, 3.05) is 0 Å². The summed E-state index contributed by atoms with van der Waals surface area (Å²) in [7, 11) is 0. The number of carbonyl (C=O) groups is 1. The van der Waals surface area contributed by atoms with Gasteiger partial charge in [-0.05, 0) is 42.5 Å². The van der Waals surface area contributed by atoms with Crippen molar-refractivity contribution in [3.05, 3.63) is 96.7 Å². The summed E-state index contributed by atoms with van der Waals surface area (Å²) in [6.45, 7) is 0.324. The van der Waals surface area contributed by atoms with Crippen LogP contribution >= 0.6 is 0 Å². The quantitative estimate of drug-likeness (QED) is 0.562. The van der Waals surface area contributed by atoms with Crippen LogP contribution in [0.2, 0.25) is 0 Å². The van der Waals surface area contributed by atoms with Crippen LogP contribution in [0.5, 0.6) is 11.5 Å². The van der Waals surface area contributed by atoms with Gasteiger partial charge in [-0.15, -0.1) is 0 Å². The molecule has 4 aromatic rings. The van der Waals surface area contributed by atoms with E-state index in [4.69, 9.17) is 4.74 Å². The molecule has 0 saturated heterocycles. The first-order chi connectivity index (χ1) is 13.8. The third-order valence-electron chi connectivity index (χ3n) is 4.04. The number of carbonyl (C=O) groups excluding carboxylic acids is 1. The minimum absolute atomic E-state index is 0.181. The van der Waals surface area contributed by atoms with Crippen molar-refractivity contribution >= 4 is 5.91 Å². The molecule has 4 rings (SSSR count). The van der Waals surface area contributed by atoms with Crippen molar-refractivity contribution in [3.63, 3.8) is 0 Å². The van der Waals surface area contributed by atoms with Crippen LogP contribution in [0.25, 0.3) is 5.82 Å². The monoisotopic (exact) mass is 371 g/mol. The first-order valence-electron chi connectivity index (χ1n) is 8.70. The molecule has 2 aromatic carbocycles. The fraction of sp³-hybridized carbons (Fsp3) is 0.0476. The maximum Gasteiger partial charge on any atom is 0.251 e. The average Bonchev–Trinajstić information content (AvgIpc) is 3.28. The number of pyridine rings is 1. The lowest BCUT2D eigenvalue weighted by Crippen LogP contribution is -2.23. The van der Waals surface area contributed by atoms with Gasteiger partial charge in [0.25, 0.3) is 5.91 Å². The van der Waals surface area contributed by atoms with Crippen LogP contribution in [0.1, 0.15) is 15.9 Å². The Morgan fingerprint density at radius 2 is 1.75 bits per heavy atom. The molecule has 1 N–H and O–H groups in total. The van der Waals surface area contributed by atoms with E-state index in [0.29, 0.717) is 23.7 Å². The van der Waals surface area contributed by atoms with Gasteiger partial charge in [0, 0.05) is 23.9 Å². The van der Waals surface area contributed by atoms with E-state index in [9.17, 15) is 4.79 Å². The lowest BCUT2D eigenvalue weighted by Gasteiger charge is -2.10. The minimum atomic E-state index is -0.181. The van der Waals surface area contributed by atoms with Crippen molar-refractivity contribution in [2.45, 2.75) is 6.54 Å². The second kappa shape index (κ2) is 8.13. The van der Waals surface area contributed by atoms with Crippen LogP contribution in [0.4, 0.5) is 0 Å². The van der Waals surface area contributed by atoms with Gasteiger partial charge in [-0.1, -0.05) is 24.3 Å². The van der Waals surface area contributed by atoms with Crippen molar-refractivity contribution in [2.24, 2.45) is 0 Å². The lowest BCUT2D eigenvalue weighted by atomic mass is 10.2. The Morgan fingerprint density at radius 3 is 2.50 bits per heavy atom. The molecule has 2 aromatic heterocycles. The first kappa shape index (κ1) is 17.4. The predicted octanol–water partition coefficient (Wildman–Crippen LogP) is 3.38. The number of nitrogens with zero attached hydrogens (tertiary/aromatic N) is 4. The molecular weight excluding hydrogens is 354 g/mol. The van der Waals surface area contributed by atoms with Crippen LogP contribution in [0.15, 0.2) is 85.6 Å². The summed E-state index contributed by atoms with van der Waals surface area (Å²) in [5, 5.41) is 7.00. The second-order valence-electron chi connectivity index (χ2n) is 5.95. The number of amides is 1. The molecule has 0 aliphatic carbocycles. The van der Waals surface area contributed by atoms with Gasteiger partial charge < -0.3 is 10.1 Å². The Balaban J connectivity index is 1.41. The zero-order chi connectivity index (χ0) is 19.2. The summed E-state index contributed by atoms with van der Waals surface area (Å²) in [6, 6.07) is 20.2. The molecule has 7 nitrogen and oxygen atoms in total. The zero-order valence-corrected chi connectivity index (χ0v) is 14.9. The Morgan fingerprint density at radius 1 is 0.964 bits per heavy atom. The van der Waals surface area contributed by atoms with Crippen LogP contribution in [-0.2, 0) is 6.54 Å². The molecule has 1 amide bonds. The van der Waals surface area contributed by atoms with Gasteiger partial charge >= 0.3 is 0 Å². The average molecular weight is 371 g/mol. The number of nitrogens with one attached hydrogen (secondary N) is 1. The zero-order valence-electron chi connectivity index (χ0n) is 14.9. The molecule has 28 heavy (non-hydrogen) atoms. The van der Waals surface area contributed by atoms with Gasteiger partial charge in [0.1, 0.15) is 24.2 Å². The number of para-hydroxylation sites is 1. The lowest BCUT2D eigenvalue weighted by molar-refractivity contribution is 0.0951. The molecule has 0 aliphatic rings. The van der Waals surface area contributed by atoms with Gasteiger partial charge in [-0.2, -0.15) is 5.10 Å². The molecule has 0 saturated carbocycles. The van der Waals surface area contributed by atoms with E-state index in [2.05, 4.69) is 20.4 Å². The van der Waals surface area contributed by atoms with Gasteiger partial charge in [0.2, 0.25) is 0 Å². The maximum absolute atomic E-state index is 12.5. The maximum atomic E-state index is 12.5. The molecule has 138 valence electrons. The molecule has 0 fully saturated rings. The van der Waals surface area contributed by atoms with E-state index in [0.717, 1.165) is 11.3 Å². The highest BCUT2D eigenvalue weighted by molar-refractivity contribution is 5.94. The predicted molar refractivity (Wildman–Crippen MR) is 103 cm³/mol. The minimum Gasteiger partial charge on any atom is -0.457 e. The number of ether oxygens (including phenoxy) is 1. The van der Waals surface area contributed by atoms with Crippen LogP contribution in [-0.4, -0.2) is 25.7 Å². The van der Waals surface area contributed by atoms with Crippen molar-refractivity contribution in [1.29, 1.82) is 0 Å². The smallest absolute Gasteiger partial charge is 0.251 e. The summed E-state index contributed by atoms with van der Waals surface area (Å²) in [6.07, 6.45) is 4.68. The summed E-state index contributed by atoms with van der Waals surface area (Å²) >= 11 is 0. The molecular formula is C21H17N5O2. The van der Waals surface area contributed by atoms with E-state index >= 15 is 0 Å². The van der Waals surface area contributed by atoms with E-state index in [1.54, 1.807) is 41.5 Å². The molecule has 0 spiro atoms. The highest BCUT2D eigenvalue weighted by Crippen LogP contribution is 2.21. The van der Waals surface area contributed by atoms with Crippen molar-refractivity contribution < 1.29 is 9.53 Å². The Labute approximate surface area is 161 Å². The summed E-state index contributed by atoms with van der Waals surface area (Å²) in [4.78, 5) is 20.7. The van der Waals surface area contributed by atoms with E-state index in [1.165, 1.54) is 6.33 Å². The van der Waals surface area contributed by atoms with Crippen LogP contribution in [0, 0.1) is 0 Å². The third kappa shape index (κ3) is 4.04. The Bertz CT molecular complexity index is 1050. The molecule has 0 bridgehead atoms. The second-order valence-corrected chi connectivity index (χ2v) is 5.95. The molecule has 0 aliphatic heterocycles. The molecule has 0 unspecified atom stereocenters. The van der Waals surface area contributed by atoms with E-state index < -0.39 is 0 Å². The fourth-order valence-electron chi connectivity index (χ4n) is 2.67. The van der Waals surface area contributed by atoms with Gasteiger partial charge in [-0.25, -0.2) is 14.6 Å². The molecule has 0 radical (unpaired) electrons. The van der Waals surface area contributed by atoms with E-state index in [1.807, 2.05) is 42.5 Å². The SMILES string of the molecule is O=C(NCc1cccnc1-n1cncn1)c1ccc(Oc2ccccc2)cc1. The third-order valence-corrected chi connectivity index (χ3v) is 4.04. The normalized spacial score (nSPS) is 10.4. The van der Waals surface area contributed by atoms with Gasteiger partial charge in [-0.3, -0.25) is 4.79 Å². The first-order valence-corrected chi connectivity index (χ1v) is 8.70. The summed E-state index contributed by atoms with van der Waals surface area (Å²) < 4.78 is 7.31. The fourth-order valence-corrected chi connectivity index (χ4v) is 2.67. The van der Waals surface area contributed by atoms with Crippen LogP contribution in [0.3, 0.4) is 0 Å². The molecule has 2 heterocycles. The van der Waals surface area contributed by atoms with Gasteiger partial charge in [0.05, 0.1) is 0 Å². The molecule has 0 atom stereocenters. The Hall–Kier alpha value is -4.00. The summed E-state index contributed by atoms with van der Waals surface area (Å²) in [5.74, 6) is 1.87. The largest absolute Gasteiger partial charge is 0.457 e. The number of benzene rings is 2. The van der Waals surface area contributed by atoms with Gasteiger partial charge in [0.15, 0.2) is 5.82 Å². The van der Waals surface area contributed by atoms with Crippen molar-refractivity contribution in [3.8, 4) is 17.3 Å².